The van der Waals surface area contributed by atoms with Crippen molar-refractivity contribution in [3.63, 3.8) is 0 Å². The molecule has 1 aromatic heterocycles. The lowest BCUT2D eigenvalue weighted by Crippen LogP contribution is -2.44. The Bertz CT molecular complexity index is 1360. The number of hydrogen-bond acceptors (Lipinski definition) is 4. The molecule has 2 atom stereocenters. The van der Waals surface area contributed by atoms with E-state index in [1.54, 1.807) is 11.0 Å². The van der Waals surface area contributed by atoms with Crippen molar-refractivity contribution < 1.29 is 14.0 Å². The summed E-state index contributed by atoms with van der Waals surface area (Å²) in [5.41, 5.74) is 5.01. The molecule has 0 bridgehead atoms. The van der Waals surface area contributed by atoms with Gasteiger partial charge >= 0.3 is 0 Å². The predicted octanol–water partition coefficient (Wildman–Crippen LogP) is 6.01. The highest BCUT2D eigenvalue weighted by molar-refractivity contribution is 8.00. The number of benzene rings is 2. The molecule has 1 aliphatic heterocycles. The number of nitrogens with zero attached hydrogens (tertiary/aromatic N) is 3. The Morgan fingerprint density at radius 2 is 1.95 bits per heavy atom. The highest BCUT2D eigenvalue weighted by Crippen LogP contribution is 2.48. The van der Waals surface area contributed by atoms with Crippen molar-refractivity contribution in [1.82, 2.24) is 15.1 Å². The molecule has 2 aromatic carbocycles. The van der Waals surface area contributed by atoms with Crippen LogP contribution in [0.15, 0.2) is 42.5 Å². The molecule has 2 heterocycles. The second kappa shape index (κ2) is 10.9. The zero-order valence-electron chi connectivity index (χ0n) is 23.3. The summed E-state index contributed by atoms with van der Waals surface area (Å²) in [6.45, 7) is 14.1. The normalized spacial score (nSPS) is 16.7. The molecular formula is C30H37FN4O2S. The van der Waals surface area contributed by atoms with E-state index in [2.05, 4.69) is 32.2 Å². The van der Waals surface area contributed by atoms with Gasteiger partial charge in [-0.15, -0.1) is 11.8 Å². The van der Waals surface area contributed by atoms with Crippen LogP contribution in [0.5, 0.6) is 0 Å². The van der Waals surface area contributed by atoms with Crippen LogP contribution in [-0.2, 0) is 15.0 Å². The van der Waals surface area contributed by atoms with Gasteiger partial charge in [-0.25, -0.2) is 9.07 Å². The van der Waals surface area contributed by atoms with Crippen LogP contribution in [0.25, 0.3) is 5.69 Å². The Morgan fingerprint density at radius 1 is 1.21 bits per heavy atom. The number of aromatic nitrogens is 2. The molecule has 8 heteroatoms. The van der Waals surface area contributed by atoms with Gasteiger partial charge in [-0.1, -0.05) is 57.5 Å². The number of thioether (sulfide) groups is 1. The van der Waals surface area contributed by atoms with Gasteiger partial charge in [-0.05, 0) is 56.5 Å². The number of halogens is 1. The molecule has 0 fully saturated rings. The lowest BCUT2D eigenvalue weighted by atomic mass is 9.87. The zero-order chi connectivity index (χ0) is 27.8. The third kappa shape index (κ3) is 5.65. The smallest absolute Gasteiger partial charge is 0.240 e. The van der Waals surface area contributed by atoms with E-state index < -0.39 is 0 Å². The number of anilines is 1. The second-order valence-electron chi connectivity index (χ2n) is 11.1. The molecule has 3 aromatic rings. The van der Waals surface area contributed by atoms with Crippen LogP contribution < -0.4 is 10.2 Å². The Balaban J connectivity index is 2.02. The highest BCUT2D eigenvalue weighted by Gasteiger charge is 2.40. The largest absolute Gasteiger partial charge is 0.352 e. The minimum Gasteiger partial charge on any atom is -0.352 e. The minimum atomic E-state index is -0.377. The fourth-order valence-electron chi connectivity index (χ4n) is 4.78. The highest BCUT2D eigenvalue weighted by atomic mass is 32.2. The number of nitrogens with one attached hydrogen (secondary N) is 1. The summed E-state index contributed by atoms with van der Waals surface area (Å²) in [6, 6.07) is 12.6. The number of amides is 2. The summed E-state index contributed by atoms with van der Waals surface area (Å²) >= 11 is 1.45. The van der Waals surface area contributed by atoms with Crippen molar-refractivity contribution in [3.8, 4) is 5.69 Å². The van der Waals surface area contributed by atoms with E-state index in [-0.39, 0.29) is 46.6 Å². The second-order valence-corrected chi connectivity index (χ2v) is 12.2. The van der Waals surface area contributed by atoms with Crippen LogP contribution >= 0.6 is 11.8 Å². The molecular weight excluding hydrogens is 499 g/mol. The molecule has 0 saturated carbocycles. The van der Waals surface area contributed by atoms with Crippen molar-refractivity contribution >= 4 is 29.4 Å². The van der Waals surface area contributed by atoms with E-state index >= 15 is 0 Å². The summed E-state index contributed by atoms with van der Waals surface area (Å²) in [5, 5.41) is 7.78. The maximum Gasteiger partial charge on any atom is 0.240 e. The molecule has 1 N–H and O–H groups in total. The van der Waals surface area contributed by atoms with Crippen LogP contribution in [0.3, 0.4) is 0 Å². The van der Waals surface area contributed by atoms with E-state index in [1.807, 2.05) is 50.6 Å². The first kappa shape index (κ1) is 27.9. The van der Waals surface area contributed by atoms with Gasteiger partial charge in [0, 0.05) is 17.0 Å². The predicted molar refractivity (Wildman–Crippen MR) is 153 cm³/mol. The fraction of sp³-hybridized carbons (Fsp3) is 0.433. The molecule has 0 radical (unpaired) electrons. The fourth-order valence-corrected chi connectivity index (χ4v) is 5.97. The molecule has 4 rings (SSSR count). The zero-order valence-corrected chi connectivity index (χ0v) is 24.1. The van der Waals surface area contributed by atoms with E-state index in [9.17, 15) is 14.0 Å². The number of aryl methyl sites for hydroxylation is 2. The van der Waals surface area contributed by atoms with Gasteiger partial charge in [0.2, 0.25) is 11.8 Å². The first-order valence-electron chi connectivity index (χ1n) is 13.1. The molecule has 0 aliphatic carbocycles. The standard InChI is InChI=1S/C30H37FN4O2S/c1-8-20(4)32-24(36)16-34-25(37)17-38-27(21-10-9-11-22(31)15-21)26-28(30(5,6)7)33-35(29(26)34)23-13-12-18(2)14-19(23)3/h9-15,20,27H,8,16-17H2,1-7H3,(H,32,36)/t20-,27+/m1/s1. The quantitative estimate of drug-likeness (QED) is 0.419. The average Bonchev–Trinajstić information content (AvgIpc) is 3.16. The van der Waals surface area contributed by atoms with Crippen molar-refractivity contribution in [2.24, 2.45) is 0 Å². The van der Waals surface area contributed by atoms with Crippen molar-refractivity contribution in [2.45, 2.75) is 71.6 Å². The van der Waals surface area contributed by atoms with Gasteiger partial charge in [-0.2, -0.15) is 5.10 Å². The average molecular weight is 537 g/mol. The Morgan fingerprint density at radius 3 is 2.58 bits per heavy atom. The lowest BCUT2D eigenvalue weighted by molar-refractivity contribution is -0.123. The van der Waals surface area contributed by atoms with E-state index in [0.717, 1.165) is 40.1 Å². The Kier molecular flexibility index (Phi) is 8.02. The van der Waals surface area contributed by atoms with Gasteiger partial charge in [0.25, 0.3) is 0 Å². The molecule has 0 saturated heterocycles. The molecule has 38 heavy (non-hydrogen) atoms. The van der Waals surface area contributed by atoms with Crippen LogP contribution in [-0.4, -0.2) is 39.9 Å². The van der Waals surface area contributed by atoms with Crippen molar-refractivity contribution in [3.05, 3.63) is 76.2 Å². The first-order valence-corrected chi connectivity index (χ1v) is 14.1. The third-order valence-corrected chi connectivity index (χ3v) is 8.11. The van der Waals surface area contributed by atoms with Gasteiger partial charge < -0.3 is 5.32 Å². The lowest BCUT2D eigenvalue weighted by Gasteiger charge is -2.25. The SMILES string of the molecule is CC[C@@H](C)NC(=O)CN1C(=O)CS[C@@H](c2cccc(F)c2)c2c(C(C)(C)C)nn(-c3ccc(C)cc3C)c21. The summed E-state index contributed by atoms with van der Waals surface area (Å²) in [4.78, 5) is 28.4. The van der Waals surface area contributed by atoms with Crippen molar-refractivity contribution in [2.75, 3.05) is 17.2 Å². The maximum absolute atomic E-state index is 14.4. The van der Waals surface area contributed by atoms with E-state index in [4.69, 9.17) is 5.10 Å². The van der Waals surface area contributed by atoms with Crippen LogP contribution in [0.1, 0.15) is 74.2 Å². The van der Waals surface area contributed by atoms with E-state index in [0.29, 0.717) is 5.82 Å². The first-order chi connectivity index (χ1) is 17.9. The topological polar surface area (TPSA) is 67.2 Å². The van der Waals surface area contributed by atoms with Crippen LogP contribution in [0.4, 0.5) is 10.2 Å². The number of carbonyl (C=O) groups excluding carboxylic acids is 2. The number of rotatable bonds is 6. The minimum absolute atomic E-state index is 0.00661. The third-order valence-electron chi connectivity index (χ3n) is 6.85. The molecule has 0 unspecified atom stereocenters. The number of carbonyl (C=O) groups is 2. The number of fused-ring (bicyclic) bond motifs is 1. The van der Waals surface area contributed by atoms with Crippen LogP contribution in [0.2, 0.25) is 0 Å². The Labute approximate surface area is 229 Å². The van der Waals surface area contributed by atoms with Crippen LogP contribution in [0, 0.1) is 19.7 Å². The summed E-state index contributed by atoms with van der Waals surface area (Å²) < 4.78 is 16.2. The monoisotopic (exact) mass is 536 g/mol. The molecule has 1 aliphatic rings. The molecule has 6 nitrogen and oxygen atoms in total. The van der Waals surface area contributed by atoms with Gasteiger partial charge in [0.15, 0.2) is 0 Å². The summed E-state index contributed by atoms with van der Waals surface area (Å²) in [7, 11) is 0. The Hall–Kier alpha value is -3.13. The van der Waals surface area contributed by atoms with Gasteiger partial charge in [0.1, 0.15) is 18.2 Å². The van der Waals surface area contributed by atoms with Gasteiger partial charge in [0.05, 0.1) is 22.4 Å². The molecule has 202 valence electrons. The summed E-state index contributed by atoms with van der Waals surface area (Å²) in [5.74, 6) is -0.00274. The summed E-state index contributed by atoms with van der Waals surface area (Å²) in [6.07, 6.45) is 0.789. The molecule has 2 amide bonds. The maximum atomic E-state index is 14.4. The van der Waals surface area contributed by atoms with E-state index in [1.165, 1.54) is 23.9 Å². The molecule has 0 spiro atoms. The van der Waals surface area contributed by atoms with Gasteiger partial charge in [-0.3, -0.25) is 14.5 Å². The van der Waals surface area contributed by atoms with Crippen molar-refractivity contribution in [1.29, 1.82) is 0 Å². The number of hydrogen-bond donors (Lipinski definition) is 1.